The number of hydrogen-bond acceptors (Lipinski definition) is 17. The molecular formula is C46H66N8O16S3. The lowest BCUT2D eigenvalue weighted by Crippen LogP contribution is -2.50. The molecule has 2 aliphatic heterocycles. The van der Waals surface area contributed by atoms with Gasteiger partial charge in [0.1, 0.15) is 48.7 Å². The van der Waals surface area contributed by atoms with Gasteiger partial charge in [0.25, 0.3) is 0 Å². The topological polar surface area (TPSA) is 399 Å². The number of nitrogens with one attached hydrogen (secondary N) is 4. The highest BCUT2D eigenvalue weighted by molar-refractivity contribution is 8.00. The van der Waals surface area contributed by atoms with E-state index in [-0.39, 0.29) is 67.2 Å². The summed E-state index contributed by atoms with van der Waals surface area (Å²) >= 11 is 6.54. The van der Waals surface area contributed by atoms with Crippen LogP contribution in [0.1, 0.15) is 70.4 Å². The molecule has 4 unspecified atom stereocenters. The van der Waals surface area contributed by atoms with E-state index in [0.717, 1.165) is 28.6 Å². The maximum absolute atomic E-state index is 13.0. The summed E-state index contributed by atoms with van der Waals surface area (Å²) < 4.78 is 0. The highest BCUT2D eigenvalue weighted by Crippen LogP contribution is 2.37. The van der Waals surface area contributed by atoms with Crippen LogP contribution in [-0.4, -0.2) is 176 Å². The molecule has 0 aromatic heterocycles. The number of thiol groups is 1. The Balaban J connectivity index is 0.000000407. The van der Waals surface area contributed by atoms with Crippen molar-refractivity contribution in [1.82, 2.24) is 31.1 Å². The maximum atomic E-state index is 13.0. The molecule has 2 aromatic rings. The summed E-state index contributed by atoms with van der Waals surface area (Å²) in [5.41, 5.74) is 10.1. The highest BCUT2D eigenvalue weighted by Gasteiger charge is 2.48. The van der Waals surface area contributed by atoms with Gasteiger partial charge in [0.2, 0.25) is 35.4 Å². The number of nitrogens with two attached hydrogens (primary N) is 2. The average Bonchev–Trinajstić information content (AvgIpc) is 3.69. The van der Waals surface area contributed by atoms with Crippen LogP contribution in [-0.2, 0) is 61.0 Å². The molecule has 0 spiro atoms. The van der Waals surface area contributed by atoms with Crippen LogP contribution in [0.4, 0.5) is 0 Å². The molecule has 6 amide bonds. The number of hydrogen-bond donors (Lipinski definition) is 13. The Bertz CT molecular complexity index is 2210. The molecule has 404 valence electrons. The molecule has 0 saturated carbocycles. The van der Waals surface area contributed by atoms with Crippen LogP contribution in [0, 0.1) is 0 Å². The molecule has 2 saturated heterocycles. The van der Waals surface area contributed by atoms with Gasteiger partial charge in [-0.1, -0.05) is 67.6 Å². The van der Waals surface area contributed by atoms with Gasteiger partial charge in [-0.3, -0.25) is 47.9 Å². The van der Waals surface area contributed by atoms with Crippen molar-refractivity contribution in [3.63, 3.8) is 0 Å². The van der Waals surface area contributed by atoms with Gasteiger partial charge in [-0.05, 0) is 43.6 Å². The number of aliphatic carboxylic acids is 4. The fourth-order valence-corrected chi connectivity index (χ4v) is 9.65. The summed E-state index contributed by atoms with van der Waals surface area (Å²) in [5.74, 6) is -7.12. The molecule has 8 atom stereocenters. The van der Waals surface area contributed by atoms with Crippen LogP contribution in [0.5, 0.6) is 0 Å². The van der Waals surface area contributed by atoms with Crippen molar-refractivity contribution in [2.45, 2.75) is 119 Å². The maximum Gasteiger partial charge on any atom is 0.322 e. The van der Waals surface area contributed by atoms with Gasteiger partial charge in [0.15, 0.2) is 0 Å². The Labute approximate surface area is 435 Å². The van der Waals surface area contributed by atoms with E-state index in [1.54, 1.807) is 23.6 Å². The fraction of sp³-hybridized carbons (Fsp3) is 0.522. The zero-order valence-electron chi connectivity index (χ0n) is 40.5. The second-order valence-electron chi connectivity index (χ2n) is 17.0. The van der Waals surface area contributed by atoms with Gasteiger partial charge in [0, 0.05) is 50.3 Å². The van der Waals surface area contributed by atoms with Crippen LogP contribution in [0.25, 0.3) is 0 Å². The second kappa shape index (κ2) is 30.9. The number of carbonyl (C=O) groups is 10. The number of likely N-dealkylation sites (tertiary alicyclic amines) is 2. The lowest BCUT2D eigenvalue weighted by molar-refractivity contribution is -0.144. The molecule has 0 aliphatic carbocycles. The van der Waals surface area contributed by atoms with E-state index in [1.165, 1.54) is 11.8 Å². The molecule has 2 aliphatic rings. The molecular weight excluding hydrogens is 1020 g/mol. The van der Waals surface area contributed by atoms with E-state index in [1.807, 2.05) is 67.6 Å². The van der Waals surface area contributed by atoms with E-state index in [0.29, 0.717) is 13.0 Å². The quantitative estimate of drug-likeness (QED) is 0.0510. The summed E-state index contributed by atoms with van der Waals surface area (Å²) in [7, 11) is 0. The molecule has 0 radical (unpaired) electrons. The Morgan fingerprint density at radius 2 is 1.03 bits per heavy atom. The minimum atomic E-state index is -1.41. The zero-order chi connectivity index (χ0) is 55.1. The van der Waals surface area contributed by atoms with Gasteiger partial charge in [-0.2, -0.15) is 12.6 Å². The number of nitrogens with zero attached hydrogens (tertiary/aromatic N) is 2. The molecule has 0 bridgehead atoms. The third-order valence-corrected chi connectivity index (χ3v) is 13.7. The van der Waals surface area contributed by atoms with Crippen LogP contribution >= 0.6 is 36.2 Å². The van der Waals surface area contributed by atoms with E-state index < -0.39 is 101 Å². The van der Waals surface area contributed by atoms with Crippen LogP contribution in [0.2, 0.25) is 0 Å². The van der Waals surface area contributed by atoms with Crippen LogP contribution in [0.3, 0.4) is 0 Å². The van der Waals surface area contributed by atoms with E-state index in [9.17, 15) is 58.2 Å². The van der Waals surface area contributed by atoms with Crippen molar-refractivity contribution in [3.8, 4) is 0 Å². The second-order valence-corrected chi connectivity index (χ2v) is 20.1. The minimum absolute atomic E-state index is 0.0256. The Hall–Kier alpha value is -5.97. The first kappa shape index (κ1) is 63.1. The summed E-state index contributed by atoms with van der Waals surface area (Å²) in [6.07, 6.45) is -0.0501. The van der Waals surface area contributed by atoms with Gasteiger partial charge in [0.05, 0.1) is 10.5 Å². The van der Waals surface area contributed by atoms with Crippen LogP contribution < -0.4 is 32.7 Å². The van der Waals surface area contributed by atoms with Gasteiger partial charge in [-0.25, -0.2) is 0 Å². The minimum Gasteiger partial charge on any atom is -0.480 e. The predicted octanol–water partition coefficient (Wildman–Crippen LogP) is -0.850. The largest absolute Gasteiger partial charge is 0.480 e. The standard InChI is InChI=1S/C22H30N4O8S.C14H19NO2S.C10H17N3O6S/c1-22(34)9-16(20(31)26(22)11-13-5-3-2-4-6-13)35-12-15(19(30)24-10-18(28)29)25-17(27)8-7-14(23)21(32)33;1-3-18-12-9-14(2,17)15(13(12)16)10-11-7-5-4-6-8-11;11-5(10(18)19)1-2-7(14)13-6(4-20)9(17)12-3-8(15)16/h2-6,14-16,34H,7-12,23H2,1H3,(H,24,30)(H,25,27)(H,28,29)(H,32,33);4-8,12,17H,3,9-10H2,1-2H3;5-6,20H,1-4,11H2,(H,12,17)(H,13,14)(H,15,16)(H,18,19)/t14-,15-,16?,22?;;5-,6-/m0.0/s1. The summed E-state index contributed by atoms with van der Waals surface area (Å²) in [5, 5.41) is 64.0. The highest BCUT2D eigenvalue weighted by atomic mass is 32.2. The third kappa shape index (κ3) is 22.4. The van der Waals surface area contributed by atoms with E-state index >= 15 is 0 Å². The molecule has 24 nitrogen and oxygen atoms in total. The predicted molar refractivity (Wildman–Crippen MR) is 271 cm³/mol. The Kier molecular flexibility index (Phi) is 26.7. The lowest BCUT2D eigenvalue weighted by atomic mass is 10.1. The molecule has 27 heteroatoms. The van der Waals surface area contributed by atoms with Crippen molar-refractivity contribution in [2.24, 2.45) is 11.5 Å². The zero-order valence-corrected chi connectivity index (χ0v) is 43.0. The van der Waals surface area contributed by atoms with Gasteiger partial charge < -0.3 is 73.2 Å². The van der Waals surface area contributed by atoms with Crippen molar-refractivity contribution < 1.29 is 78.6 Å². The molecule has 2 aromatic carbocycles. The first-order chi connectivity index (χ1) is 34.2. The third-order valence-electron chi connectivity index (χ3n) is 10.9. The van der Waals surface area contributed by atoms with E-state index in [4.69, 9.17) is 31.9 Å². The summed E-state index contributed by atoms with van der Waals surface area (Å²) in [6.45, 7) is 4.74. The number of thioether (sulfide) groups is 2. The molecule has 2 fully saturated rings. The number of aliphatic hydroxyl groups is 2. The number of amides is 6. The number of rotatable bonds is 26. The normalized spacial score (nSPS) is 20.7. The van der Waals surface area contributed by atoms with Crippen LogP contribution in [0.15, 0.2) is 60.7 Å². The number of carbonyl (C=O) groups excluding carboxylic acids is 6. The average molecular weight is 1080 g/mol. The number of benzene rings is 2. The summed E-state index contributed by atoms with van der Waals surface area (Å²) in [6, 6.07) is 14.4. The summed E-state index contributed by atoms with van der Waals surface area (Å²) in [4.78, 5) is 118. The first-order valence-corrected chi connectivity index (χ1v) is 25.5. The van der Waals surface area contributed by atoms with Crippen molar-refractivity contribution in [3.05, 3.63) is 71.8 Å². The molecule has 2 heterocycles. The molecule has 73 heavy (non-hydrogen) atoms. The SMILES string of the molecule is CC1(O)CC(SC[C@H](NC(=O)CC[C@H](N)C(=O)O)C(=O)NCC(=O)O)C(=O)N1Cc1ccccc1.CCSC1CC(C)(O)N(Cc2ccccc2)C1=O.N[C@@H](CCC(=O)N[C@@H](CS)C(=O)NCC(=O)O)C(=O)O. The monoisotopic (exact) mass is 1080 g/mol. The van der Waals surface area contributed by atoms with E-state index in [2.05, 4.69) is 33.9 Å². The van der Waals surface area contributed by atoms with Gasteiger partial charge >= 0.3 is 23.9 Å². The van der Waals surface area contributed by atoms with Gasteiger partial charge in [-0.15, -0.1) is 23.5 Å². The van der Waals surface area contributed by atoms with Crippen molar-refractivity contribution in [1.29, 1.82) is 0 Å². The first-order valence-electron chi connectivity index (χ1n) is 22.8. The Morgan fingerprint density at radius 1 is 0.658 bits per heavy atom. The molecule has 14 N–H and O–H groups in total. The lowest BCUT2D eigenvalue weighted by Gasteiger charge is -2.29. The Morgan fingerprint density at radius 3 is 1.38 bits per heavy atom. The number of carboxylic acid groups (broad SMARTS) is 4. The smallest absolute Gasteiger partial charge is 0.322 e. The van der Waals surface area contributed by atoms with Crippen molar-refractivity contribution in [2.75, 3.05) is 30.3 Å². The fourth-order valence-electron chi connectivity index (χ4n) is 6.92. The van der Waals surface area contributed by atoms with Crippen molar-refractivity contribution >= 4 is 95.5 Å². The number of carboxylic acids is 4. The molecule has 4 rings (SSSR count).